The van der Waals surface area contributed by atoms with Crippen LogP contribution < -0.4 is 0 Å². The molecule has 0 N–H and O–H groups in total. The smallest absolute Gasteiger partial charge is 0.0593 e. The van der Waals surface area contributed by atoms with Crippen molar-refractivity contribution in [2.75, 3.05) is 32.1 Å². The van der Waals surface area contributed by atoms with Crippen LogP contribution in [0.5, 0.6) is 0 Å². The van der Waals surface area contributed by atoms with Crippen LogP contribution >= 0.6 is 12.6 Å². The summed E-state index contributed by atoms with van der Waals surface area (Å²) in [6, 6.07) is 8.79. The molecule has 1 aromatic rings. The standard InChI is InChI=1S/C14H21NOS/c17-11-10-16-9-8-15-7-3-6-13-4-1-2-5-14(13)12-15/h1-2,4-5,17H,3,6-12H2. The van der Waals surface area contributed by atoms with Gasteiger partial charge in [0.2, 0.25) is 0 Å². The largest absolute Gasteiger partial charge is 0.379 e. The van der Waals surface area contributed by atoms with E-state index >= 15 is 0 Å². The number of hydrogen-bond donors (Lipinski definition) is 1. The van der Waals surface area contributed by atoms with E-state index in [0.717, 1.165) is 32.1 Å². The maximum Gasteiger partial charge on any atom is 0.0593 e. The molecule has 0 fully saturated rings. The van der Waals surface area contributed by atoms with E-state index in [2.05, 4.69) is 41.8 Å². The molecule has 1 heterocycles. The summed E-state index contributed by atoms with van der Waals surface area (Å²) in [5.74, 6) is 0.808. The Morgan fingerprint density at radius 1 is 1.18 bits per heavy atom. The highest BCUT2D eigenvalue weighted by atomic mass is 32.1. The fourth-order valence-electron chi connectivity index (χ4n) is 2.32. The number of aryl methyl sites for hydroxylation is 1. The topological polar surface area (TPSA) is 12.5 Å². The number of hydrogen-bond acceptors (Lipinski definition) is 3. The van der Waals surface area contributed by atoms with Gasteiger partial charge >= 0.3 is 0 Å². The highest BCUT2D eigenvalue weighted by Gasteiger charge is 2.13. The van der Waals surface area contributed by atoms with Gasteiger partial charge in [0.25, 0.3) is 0 Å². The zero-order chi connectivity index (χ0) is 11.9. The Morgan fingerprint density at radius 2 is 2.00 bits per heavy atom. The number of ether oxygens (including phenoxy) is 1. The third kappa shape index (κ3) is 4.02. The van der Waals surface area contributed by atoms with Crippen LogP contribution in [0.1, 0.15) is 17.5 Å². The predicted molar refractivity (Wildman–Crippen MR) is 74.7 cm³/mol. The second-order valence-corrected chi connectivity index (χ2v) is 4.93. The van der Waals surface area contributed by atoms with Crippen LogP contribution in [0.15, 0.2) is 24.3 Å². The van der Waals surface area contributed by atoms with E-state index < -0.39 is 0 Å². The van der Waals surface area contributed by atoms with Gasteiger partial charge in [-0.2, -0.15) is 12.6 Å². The first kappa shape index (κ1) is 12.9. The number of fused-ring (bicyclic) bond motifs is 1. The van der Waals surface area contributed by atoms with E-state index in [0.29, 0.717) is 0 Å². The number of thiol groups is 1. The molecule has 0 radical (unpaired) electrons. The van der Waals surface area contributed by atoms with Crippen molar-refractivity contribution in [1.82, 2.24) is 4.90 Å². The highest BCUT2D eigenvalue weighted by Crippen LogP contribution is 2.17. The van der Waals surface area contributed by atoms with Crippen molar-refractivity contribution in [2.45, 2.75) is 19.4 Å². The quantitative estimate of drug-likeness (QED) is 0.637. The summed E-state index contributed by atoms with van der Waals surface area (Å²) in [6.45, 7) is 4.86. The molecular weight excluding hydrogens is 230 g/mol. The van der Waals surface area contributed by atoms with Crippen LogP contribution in [0.4, 0.5) is 0 Å². The molecule has 0 saturated carbocycles. The molecule has 2 rings (SSSR count). The Balaban J connectivity index is 1.85. The summed E-state index contributed by atoms with van der Waals surface area (Å²) in [6.07, 6.45) is 2.47. The van der Waals surface area contributed by atoms with Gasteiger partial charge in [-0.3, -0.25) is 4.90 Å². The van der Waals surface area contributed by atoms with Gasteiger partial charge in [-0.15, -0.1) is 0 Å². The molecule has 0 aromatic heterocycles. The zero-order valence-electron chi connectivity index (χ0n) is 10.3. The molecule has 0 saturated heterocycles. The predicted octanol–water partition coefficient (Wildman–Crippen LogP) is 2.38. The van der Waals surface area contributed by atoms with Crippen LogP contribution in [0.25, 0.3) is 0 Å². The van der Waals surface area contributed by atoms with Crippen LogP contribution in [0.2, 0.25) is 0 Å². The van der Waals surface area contributed by atoms with Crippen LogP contribution in [0.3, 0.4) is 0 Å². The Kier molecular flexibility index (Phi) is 5.36. The lowest BCUT2D eigenvalue weighted by Crippen LogP contribution is -2.27. The van der Waals surface area contributed by atoms with Gasteiger partial charge < -0.3 is 4.74 Å². The van der Waals surface area contributed by atoms with Crippen LogP contribution in [-0.2, 0) is 17.7 Å². The van der Waals surface area contributed by atoms with Gasteiger partial charge in [0.1, 0.15) is 0 Å². The third-order valence-corrected chi connectivity index (χ3v) is 3.40. The van der Waals surface area contributed by atoms with Crippen molar-refractivity contribution in [1.29, 1.82) is 0 Å². The molecule has 1 aromatic carbocycles. The molecule has 94 valence electrons. The van der Waals surface area contributed by atoms with Gasteiger partial charge in [0.05, 0.1) is 13.2 Å². The van der Waals surface area contributed by atoms with Crippen molar-refractivity contribution >= 4 is 12.6 Å². The Hall–Kier alpha value is -0.510. The van der Waals surface area contributed by atoms with Gasteiger partial charge in [0, 0.05) is 18.8 Å². The zero-order valence-corrected chi connectivity index (χ0v) is 11.2. The second kappa shape index (κ2) is 7.04. The molecule has 0 amide bonds. The van der Waals surface area contributed by atoms with Crippen molar-refractivity contribution < 1.29 is 4.74 Å². The first-order chi connectivity index (χ1) is 8.40. The lowest BCUT2D eigenvalue weighted by atomic mass is 10.0. The van der Waals surface area contributed by atoms with Gasteiger partial charge in [-0.25, -0.2) is 0 Å². The fourth-order valence-corrected chi connectivity index (χ4v) is 2.45. The third-order valence-electron chi connectivity index (χ3n) is 3.22. The van der Waals surface area contributed by atoms with Crippen molar-refractivity contribution in [3.8, 4) is 0 Å². The molecule has 0 bridgehead atoms. The molecule has 0 aliphatic carbocycles. The summed E-state index contributed by atoms with van der Waals surface area (Å²) in [5.41, 5.74) is 3.01. The molecular formula is C14H21NOS. The maximum atomic E-state index is 5.50. The van der Waals surface area contributed by atoms with Gasteiger partial charge in [0.15, 0.2) is 0 Å². The van der Waals surface area contributed by atoms with Crippen molar-refractivity contribution in [3.05, 3.63) is 35.4 Å². The van der Waals surface area contributed by atoms with Crippen molar-refractivity contribution in [3.63, 3.8) is 0 Å². The fraction of sp³-hybridized carbons (Fsp3) is 0.571. The maximum absolute atomic E-state index is 5.50. The Labute approximate surface area is 109 Å². The first-order valence-corrected chi connectivity index (χ1v) is 7.01. The van der Waals surface area contributed by atoms with E-state index in [1.807, 2.05) is 0 Å². The van der Waals surface area contributed by atoms with Crippen LogP contribution in [0, 0.1) is 0 Å². The molecule has 3 heteroatoms. The molecule has 1 aliphatic heterocycles. The van der Waals surface area contributed by atoms with Crippen LogP contribution in [-0.4, -0.2) is 37.0 Å². The molecule has 2 nitrogen and oxygen atoms in total. The normalized spacial score (nSPS) is 16.5. The van der Waals surface area contributed by atoms with E-state index in [4.69, 9.17) is 4.74 Å². The van der Waals surface area contributed by atoms with Gasteiger partial charge in [-0.05, 0) is 30.5 Å². The van der Waals surface area contributed by atoms with E-state index in [-0.39, 0.29) is 0 Å². The SMILES string of the molecule is SCCOCCN1CCCc2ccccc2C1. The summed E-state index contributed by atoms with van der Waals surface area (Å²) >= 11 is 4.14. The number of nitrogens with zero attached hydrogens (tertiary/aromatic N) is 1. The Morgan fingerprint density at radius 3 is 2.82 bits per heavy atom. The minimum Gasteiger partial charge on any atom is -0.379 e. The lowest BCUT2D eigenvalue weighted by molar-refractivity contribution is 0.113. The minimum absolute atomic E-state index is 0.757. The first-order valence-electron chi connectivity index (χ1n) is 6.38. The number of benzene rings is 1. The highest BCUT2D eigenvalue weighted by molar-refractivity contribution is 7.80. The van der Waals surface area contributed by atoms with Gasteiger partial charge in [-0.1, -0.05) is 24.3 Å². The molecule has 0 unspecified atom stereocenters. The number of rotatable bonds is 5. The average molecular weight is 251 g/mol. The molecule has 17 heavy (non-hydrogen) atoms. The summed E-state index contributed by atoms with van der Waals surface area (Å²) in [4.78, 5) is 2.49. The van der Waals surface area contributed by atoms with Crippen molar-refractivity contribution in [2.24, 2.45) is 0 Å². The molecule has 0 atom stereocenters. The van der Waals surface area contributed by atoms with E-state index in [9.17, 15) is 0 Å². The minimum atomic E-state index is 0.757. The van der Waals surface area contributed by atoms with E-state index in [1.54, 1.807) is 0 Å². The second-order valence-electron chi connectivity index (χ2n) is 4.48. The van der Waals surface area contributed by atoms with E-state index in [1.165, 1.54) is 30.5 Å². The Bertz CT molecular complexity index is 343. The summed E-state index contributed by atoms with van der Waals surface area (Å²) in [5, 5.41) is 0. The average Bonchev–Trinajstić information content (AvgIpc) is 2.56. The summed E-state index contributed by atoms with van der Waals surface area (Å²) in [7, 11) is 0. The monoisotopic (exact) mass is 251 g/mol. The molecule has 1 aliphatic rings. The molecule has 0 spiro atoms. The summed E-state index contributed by atoms with van der Waals surface area (Å²) < 4.78 is 5.50. The lowest BCUT2D eigenvalue weighted by Gasteiger charge is -2.20.